The molecule has 0 unspecified atom stereocenters. The number of halogens is 2. The monoisotopic (exact) mass is 436 g/mol. The Kier molecular flexibility index (Phi) is 9.35. The summed E-state index contributed by atoms with van der Waals surface area (Å²) < 4.78 is 0. The highest BCUT2D eigenvalue weighted by Crippen LogP contribution is 2.21. The van der Waals surface area contributed by atoms with Gasteiger partial charge in [0.1, 0.15) is 5.69 Å². The first kappa shape index (κ1) is 23.1. The Morgan fingerprint density at radius 3 is 2.62 bits per heavy atom. The fourth-order valence-electron chi connectivity index (χ4n) is 2.69. The maximum atomic E-state index is 12.7. The van der Waals surface area contributed by atoms with Gasteiger partial charge in [-0.25, -0.2) is 4.98 Å². The van der Waals surface area contributed by atoms with E-state index in [1.54, 1.807) is 17.0 Å². The van der Waals surface area contributed by atoms with Gasteiger partial charge in [-0.05, 0) is 36.5 Å². The summed E-state index contributed by atoms with van der Waals surface area (Å²) in [6, 6.07) is 5.31. The number of rotatable bonds is 10. The maximum absolute atomic E-state index is 12.7. The Labute approximate surface area is 181 Å². The standard InChI is InChI=1S/C21H26Cl2N4O2/c1-15(2)6-11-27(21(29)19-14-24-9-10-25-19)12-7-20(28)26-8-5-16-3-4-17(22)13-18(16)23/h3-4,9-10,13-15H,5-8,11-12H2,1-2H3,(H,26,28). The molecule has 0 radical (unpaired) electrons. The molecule has 1 heterocycles. The van der Waals surface area contributed by atoms with Crippen LogP contribution in [0.15, 0.2) is 36.8 Å². The Balaban J connectivity index is 1.85. The summed E-state index contributed by atoms with van der Waals surface area (Å²) in [5.41, 5.74) is 1.21. The van der Waals surface area contributed by atoms with Crippen LogP contribution in [-0.4, -0.2) is 46.3 Å². The summed E-state index contributed by atoms with van der Waals surface area (Å²) in [6.07, 6.45) is 6.14. The van der Waals surface area contributed by atoms with Crippen molar-refractivity contribution >= 4 is 35.0 Å². The van der Waals surface area contributed by atoms with E-state index >= 15 is 0 Å². The quantitative estimate of drug-likeness (QED) is 0.609. The second kappa shape index (κ2) is 11.7. The fourth-order valence-corrected chi connectivity index (χ4v) is 3.19. The predicted octanol–water partition coefficient (Wildman–Crippen LogP) is 4.02. The number of benzene rings is 1. The molecule has 1 aromatic carbocycles. The lowest BCUT2D eigenvalue weighted by atomic mass is 10.1. The summed E-state index contributed by atoms with van der Waals surface area (Å²) in [4.78, 5) is 34.6. The minimum atomic E-state index is -0.209. The van der Waals surface area contributed by atoms with E-state index in [1.165, 1.54) is 18.6 Å². The molecule has 0 spiro atoms. The lowest BCUT2D eigenvalue weighted by Crippen LogP contribution is -2.37. The summed E-state index contributed by atoms with van der Waals surface area (Å²) >= 11 is 12.0. The molecule has 8 heteroatoms. The highest BCUT2D eigenvalue weighted by atomic mass is 35.5. The van der Waals surface area contributed by atoms with Gasteiger partial charge in [0.05, 0.1) is 6.20 Å². The van der Waals surface area contributed by atoms with Crippen molar-refractivity contribution in [3.63, 3.8) is 0 Å². The molecule has 1 aromatic heterocycles. The smallest absolute Gasteiger partial charge is 0.274 e. The van der Waals surface area contributed by atoms with Crippen molar-refractivity contribution in [1.29, 1.82) is 0 Å². The Morgan fingerprint density at radius 1 is 1.17 bits per heavy atom. The van der Waals surface area contributed by atoms with Crippen molar-refractivity contribution in [3.05, 3.63) is 58.1 Å². The van der Waals surface area contributed by atoms with Crippen LogP contribution < -0.4 is 5.32 Å². The molecule has 29 heavy (non-hydrogen) atoms. The van der Waals surface area contributed by atoms with Gasteiger partial charge < -0.3 is 10.2 Å². The van der Waals surface area contributed by atoms with Crippen molar-refractivity contribution < 1.29 is 9.59 Å². The van der Waals surface area contributed by atoms with Gasteiger partial charge in [-0.1, -0.05) is 43.1 Å². The van der Waals surface area contributed by atoms with Gasteiger partial charge in [0.15, 0.2) is 0 Å². The number of nitrogens with one attached hydrogen (secondary N) is 1. The zero-order chi connectivity index (χ0) is 21.2. The molecule has 0 saturated carbocycles. The topological polar surface area (TPSA) is 75.2 Å². The molecule has 0 atom stereocenters. The van der Waals surface area contributed by atoms with E-state index in [4.69, 9.17) is 23.2 Å². The first-order chi connectivity index (χ1) is 13.9. The van der Waals surface area contributed by atoms with E-state index in [9.17, 15) is 9.59 Å². The van der Waals surface area contributed by atoms with Gasteiger partial charge in [-0.3, -0.25) is 14.6 Å². The first-order valence-corrected chi connectivity index (χ1v) is 10.4. The molecular formula is C21H26Cl2N4O2. The minimum Gasteiger partial charge on any atom is -0.356 e. The van der Waals surface area contributed by atoms with Crippen molar-refractivity contribution in [3.8, 4) is 0 Å². The molecule has 156 valence electrons. The van der Waals surface area contributed by atoms with E-state index in [1.807, 2.05) is 6.07 Å². The number of carbonyl (C=O) groups excluding carboxylic acids is 2. The molecule has 0 aliphatic carbocycles. The number of carbonyl (C=O) groups is 2. The van der Waals surface area contributed by atoms with E-state index in [0.29, 0.717) is 42.0 Å². The summed E-state index contributed by atoms with van der Waals surface area (Å²) in [7, 11) is 0. The van der Waals surface area contributed by atoms with Gasteiger partial charge in [0.2, 0.25) is 5.91 Å². The number of hydrogen-bond donors (Lipinski definition) is 1. The molecule has 2 aromatic rings. The lowest BCUT2D eigenvalue weighted by Gasteiger charge is -2.23. The van der Waals surface area contributed by atoms with Crippen molar-refractivity contribution in [2.45, 2.75) is 33.1 Å². The molecule has 0 bridgehead atoms. The molecule has 0 aliphatic rings. The number of aromatic nitrogens is 2. The van der Waals surface area contributed by atoms with Gasteiger partial charge in [-0.15, -0.1) is 0 Å². The van der Waals surface area contributed by atoms with Gasteiger partial charge >= 0.3 is 0 Å². The molecule has 0 aliphatic heterocycles. The number of amides is 2. The third kappa shape index (κ3) is 7.99. The summed E-state index contributed by atoms with van der Waals surface area (Å²) in [5.74, 6) is 0.126. The third-order valence-corrected chi connectivity index (χ3v) is 4.97. The Hall–Kier alpha value is -2.18. The lowest BCUT2D eigenvalue weighted by molar-refractivity contribution is -0.121. The van der Waals surface area contributed by atoms with E-state index < -0.39 is 0 Å². The Bertz CT molecular complexity index is 816. The van der Waals surface area contributed by atoms with Crippen LogP contribution in [0.5, 0.6) is 0 Å². The predicted molar refractivity (Wildman–Crippen MR) is 115 cm³/mol. The van der Waals surface area contributed by atoms with Crippen molar-refractivity contribution in [2.75, 3.05) is 19.6 Å². The highest BCUT2D eigenvalue weighted by Gasteiger charge is 2.18. The maximum Gasteiger partial charge on any atom is 0.274 e. The average Bonchev–Trinajstić information content (AvgIpc) is 2.69. The van der Waals surface area contributed by atoms with Crippen LogP contribution >= 0.6 is 23.2 Å². The van der Waals surface area contributed by atoms with E-state index in [0.717, 1.165) is 12.0 Å². The fraction of sp³-hybridized carbons (Fsp3) is 0.429. The number of hydrogen-bond acceptors (Lipinski definition) is 4. The highest BCUT2D eigenvalue weighted by molar-refractivity contribution is 6.35. The largest absolute Gasteiger partial charge is 0.356 e. The van der Waals surface area contributed by atoms with Crippen molar-refractivity contribution in [1.82, 2.24) is 20.2 Å². The summed E-state index contributed by atoms with van der Waals surface area (Å²) in [6.45, 7) is 5.56. The third-order valence-electron chi connectivity index (χ3n) is 4.39. The molecule has 2 rings (SSSR count). The molecule has 6 nitrogen and oxygen atoms in total. The van der Waals surface area contributed by atoms with Gasteiger partial charge in [-0.2, -0.15) is 0 Å². The molecule has 2 amide bonds. The van der Waals surface area contributed by atoms with Crippen LogP contribution in [0.2, 0.25) is 10.0 Å². The van der Waals surface area contributed by atoms with E-state index in [-0.39, 0.29) is 23.9 Å². The molecular weight excluding hydrogens is 411 g/mol. The SMILES string of the molecule is CC(C)CCN(CCC(=O)NCCc1ccc(Cl)cc1Cl)C(=O)c1cnccn1. The second-order valence-electron chi connectivity index (χ2n) is 7.15. The zero-order valence-corrected chi connectivity index (χ0v) is 18.2. The first-order valence-electron chi connectivity index (χ1n) is 9.62. The van der Waals surface area contributed by atoms with Crippen LogP contribution in [0.3, 0.4) is 0 Å². The van der Waals surface area contributed by atoms with Crippen LogP contribution in [0.1, 0.15) is 42.7 Å². The van der Waals surface area contributed by atoms with Gasteiger partial charge in [0.25, 0.3) is 5.91 Å². The molecule has 0 saturated heterocycles. The van der Waals surface area contributed by atoms with Crippen LogP contribution in [0.4, 0.5) is 0 Å². The molecule has 1 N–H and O–H groups in total. The van der Waals surface area contributed by atoms with Crippen LogP contribution in [0.25, 0.3) is 0 Å². The number of nitrogens with zero attached hydrogens (tertiary/aromatic N) is 3. The normalized spacial score (nSPS) is 10.8. The van der Waals surface area contributed by atoms with Crippen LogP contribution in [-0.2, 0) is 11.2 Å². The van der Waals surface area contributed by atoms with Crippen molar-refractivity contribution in [2.24, 2.45) is 5.92 Å². The van der Waals surface area contributed by atoms with Crippen LogP contribution in [0, 0.1) is 5.92 Å². The van der Waals surface area contributed by atoms with Gasteiger partial charge in [0, 0.05) is 48.5 Å². The zero-order valence-electron chi connectivity index (χ0n) is 16.7. The Morgan fingerprint density at radius 2 is 1.97 bits per heavy atom. The van der Waals surface area contributed by atoms with E-state index in [2.05, 4.69) is 29.1 Å². The summed E-state index contributed by atoms with van der Waals surface area (Å²) in [5, 5.41) is 4.04. The average molecular weight is 437 g/mol. The minimum absolute atomic E-state index is 0.114. The molecule has 0 fully saturated rings. The second-order valence-corrected chi connectivity index (χ2v) is 7.99.